The zero-order chi connectivity index (χ0) is 14.3. The SMILES string of the molecule is CCn1c(-c2ccc(N)cc2O)nc2cc(Cl)ccc21. The van der Waals surface area contributed by atoms with Gasteiger partial charge in [0.15, 0.2) is 0 Å². The van der Waals surface area contributed by atoms with Gasteiger partial charge in [-0.15, -0.1) is 0 Å². The third-order valence-electron chi connectivity index (χ3n) is 3.29. The molecule has 5 heteroatoms. The largest absolute Gasteiger partial charge is 0.507 e. The number of hydrogen-bond acceptors (Lipinski definition) is 3. The number of aromatic nitrogens is 2. The molecule has 0 fully saturated rings. The molecule has 102 valence electrons. The van der Waals surface area contributed by atoms with Crippen LogP contribution in [0, 0.1) is 0 Å². The molecule has 0 saturated carbocycles. The van der Waals surface area contributed by atoms with Gasteiger partial charge in [-0.05, 0) is 37.3 Å². The maximum absolute atomic E-state index is 10.1. The van der Waals surface area contributed by atoms with E-state index in [1.54, 1.807) is 12.1 Å². The number of benzene rings is 2. The summed E-state index contributed by atoms with van der Waals surface area (Å²) in [6, 6.07) is 10.7. The van der Waals surface area contributed by atoms with E-state index in [-0.39, 0.29) is 5.75 Å². The Bertz CT molecular complexity index is 795. The van der Waals surface area contributed by atoms with Crippen molar-refractivity contribution in [3.8, 4) is 17.1 Å². The first-order chi connectivity index (χ1) is 9.60. The first-order valence-corrected chi connectivity index (χ1v) is 6.72. The molecule has 2 aromatic carbocycles. The lowest BCUT2D eigenvalue weighted by molar-refractivity contribution is 0.477. The molecule has 1 heterocycles. The second kappa shape index (κ2) is 4.72. The molecule has 0 aliphatic carbocycles. The summed E-state index contributed by atoms with van der Waals surface area (Å²) in [4.78, 5) is 4.58. The molecule has 0 bridgehead atoms. The van der Waals surface area contributed by atoms with E-state index in [1.165, 1.54) is 6.07 Å². The van der Waals surface area contributed by atoms with Crippen molar-refractivity contribution in [2.75, 3.05) is 5.73 Å². The first kappa shape index (κ1) is 12.8. The summed E-state index contributed by atoms with van der Waals surface area (Å²) in [5, 5.41) is 10.7. The molecule has 0 saturated heterocycles. The molecule has 0 atom stereocenters. The number of imidazole rings is 1. The number of nitrogens with zero attached hydrogens (tertiary/aromatic N) is 2. The van der Waals surface area contributed by atoms with Gasteiger partial charge in [0, 0.05) is 23.3 Å². The minimum absolute atomic E-state index is 0.126. The third-order valence-corrected chi connectivity index (χ3v) is 3.52. The summed E-state index contributed by atoms with van der Waals surface area (Å²) in [7, 11) is 0. The lowest BCUT2D eigenvalue weighted by Gasteiger charge is -2.08. The quantitative estimate of drug-likeness (QED) is 0.707. The van der Waals surface area contributed by atoms with Gasteiger partial charge < -0.3 is 15.4 Å². The van der Waals surface area contributed by atoms with E-state index in [2.05, 4.69) is 4.98 Å². The molecule has 3 aromatic rings. The monoisotopic (exact) mass is 287 g/mol. The smallest absolute Gasteiger partial charge is 0.144 e. The van der Waals surface area contributed by atoms with E-state index in [0.29, 0.717) is 22.1 Å². The van der Waals surface area contributed by atoms with E-state index in [4.69, 9.17) is 17.3 Å². The number of phenolic OH excluding ortho intramolecular Hbond substituents is 1. The highest BCUT2D eigenvalue weighted by Gasteiger charge is 2.14. The predicted molar refractivity (Wildman–Crippen MR) is 81.9 cm³/mol. The number of aromatic hydroxyl groups is 1. The Morgan fingerprint density at radius 2 is 2.05 bits per heavy atom. The van der Waals surface area contributed by atoms with Crippen molar-refractivity contribution in [3.05, 3.63) is 41.4 Å². The van der Waals surface area contributed by atoms with Gasteiger partial charge in [-0.2, -0.15) is 0 Å². The topological polar surface area (TPSA) is 64.1 Å². The molecule has 1 aromatic heterocycles. The molecule has 0 aliphatic rings. The minimum Gasteiger partial charge on any atom is -0.507 e. The van der Waals surface area contributed by atoms with Gasteiger partial charge in [-0.3, -0.25) is 0 Å². The van der Waals surface area contributed by atoms with Crippen molar-refractivity contribution >= 4 is 28.3 Å². The van der Waals surface area contributed by atoms with Crippen LogP contribution in [0.15, 0.2) is 36.4 Å². The Balaban J connectivity index is 2.30. The number of halogens is 1. The summed E-state index contributed by atoms with van der Waals surface area (Å²) < 4.78 is 2.04. The molecule has 20 heavy (non-hydrogen) atoms. The van der Waals surface area contributed by atoms with Gasteiger partial charge in [0.05, 0.1) is 16.6 Å². The van der Waals surface area contributed by atoms with Crippen LogP contribution in [-0.4, -0.2) is 14.7 Å². The van der Waals surface area contributed by atoms with Crippen molar-refractivity contribution in [3.63, 3.8) is 0 Å². The fraction of sp³-hybridized carbons (Fsp3) is 0.133. The Hall–Kier alpha value is -2.20. The lowest BCUT2D eigenvalue weighted by Crippen LogP contribution is -1.98. The summed E-state index contributed by atoms with van der Waals surface area (Å²) in [5.74, 6) is 0.836. The maximum Gasteiger partial charge on any atom is 0.144 e. The number of nitrogens with two attached hydrogens (primary N) is 1. The van der Waals surface area contributed by atoms with Crippen molar-refractivity contribution in [2.24, 2.45) is 0 Å². The van der Waals surface area contributed by atoms with Crippen LogP contribution >= 0.6 is 11.6 Å². The molecule has 0 amide bonds. The fourth-order valence-electron chi connectivity index (χ4n) is 2.37. The average Bonchev–Trinajstić information content (AvgIpc) is 2.75. The number of aryl methyl sites for hydroxylation is 1. The number of fused-ring (bicyclic) bond motifs is 1. The highest BCUT2D eigenvalue weighted by molar-refractivity contribution is 6.31. The van der Waals surface area contributed by atoms with E-state index >= 15 is 0 Å². The molecule has 0 aliphatic heterocycles. The van der Waals surface area contributed by atoms with Crippen molar-refractivity contribution in [1.29, 1.82) is 0 Å². The lowest BCUT2D eigenvalue weighted by atomic mass is 10.1. The number of hydrogen-bond donors (Lipinski definition) is 2. The average molecular weight is 288 g/mol. The zero-order valence-electron chi connectivity index (χ0n) is 11.0. The van der Waals surface area contributed by atoms with Gasteiger partial charge in [-0.1, -0.05) is 11.6 Å². The number of rotatable bonds is 2. The van der Waals surface area contributed by atoms with E-state index in [1.807, 2.05) is 29.7 Å². The van der Waals surface area contributed by atoms with Gasteiger partial charge >= 0.3 is 0 Å². The van der Waals surface area contributed by atoms with Crippen molar-refractivity contribution < 1.29 is 5.11 Å². The van der Waals surface area contributed by atoms with Crippen LogP contribution in [0.1, 0.15) is 6.92 Å². The highest BCUT2D eigenvalue weighted by atomic mass is 35.5. The molecular formula is C15H14ClN3O. The molecule has 3 rings (SSSR count). The van der Waals surface area contributed by atoms with Gasteiger partial charge in [0.2, 0.25) is 0 Å². The Morgan fingerprint density at radius 3 is 2.75 bits per heavy atom. The highest BCUT2D eigenvalue weighted by Crippen LogP contribution is 2.33. The first-order valence-electron chi connectivity index (χ1n) is 6.35. The predicted octanol–water partition coefficient (Wildman–Crippen LogP) is 3.66. The fourth-order valence-corrected chi connectivity index (χ4v) is 2.53. The summed E-state index contributed by atoms with van der Waals surface area (Å²) in [6.45, 7) is 2.78. The zero-order valence-corrected chi connectivity index (χ0v) is 11.7. The van der Waals surface area contributed by atoms with Gasteiger partial charge in [-0.25, -0.2) is 4.98 Å². The summed E-state index contributed by atoms with van der Waals surface area (Å²) >= 11 is 6.01. The normalized spacial score (nSPS) is 11.1. The van der Waals surface area contributed by atoms with E-state index in [0.717, 1.165) is 17.6 Å². The Morgan fingerprint density at radius 1 is 1.25 bits per heavy atom. The molecule has 0 unspecified atom stereocenters. The minimum atomic E-state index is 0.126. The van der Waals surface area contributed by atoms with Crippen LogP contribution in [0.3, 0.4) is 0 Å². The van der Waals surface area contributed by atoms with Crippen molar-refractivity contribution in [1.82, 2.24) is 9.55 Å². The number of anilines is 1. The summed E-state index contributed by atoms with van der Waals surface area (Å²) in [6.07, 6.45) is 0. The van der Waals surface area contributed by atoms with Crippen LogP contribution in [0.25, 0.3) is 22.4 Å². The molecule has 4 nitrogen and oxygen atoms in total. The van der Waals surface area contributed by atoms with Crippen LogP contribution in [0.4, 0.5) is 5.69 Å². The standard InChI is InChI=1S/C15H14ClN3O/c1-2-19-13-6-3-9(16)7-12(13)18-15(19)11-5-4-10(17)8-14(11)20/h3-8,20H,2,17H2,1H3. The van der Waals surface area contributed by atoms with E-state index in [9.17, 15) is 5.11 Å². The molecule has 0 radical (unpaired) electrons. The van der Waals surface area contributed by atoms with E-state index < -0.39 is 0 Å². The second-order valence-corrected chi connectivity index (χ2v) is 5.03. The summed E-state index contributed by atoms with van der Waals surface area (Å²) in [5.41, 5.74) is 8.65. The van der Waals surface area contributed by atoms with Gasteiger partial charge in [0.25, 0.3) is 0 Å². The van der Waals surface area contributed by atoms with Crippen molar-refractivity contribution in [2.45, 2.75) is 13.5 Å². The van der Waals surface area contributed by atoms with Gasteiger partial charge in [0.1, 0.15) is 11.6 Å². The molecule has 0 spiro atoms. The Labute approximate surface area is 121 Å². The Kier molecular flexibility index (Phi) is 3.03. The van der Waals surface area contributed by atoms with Crippen LogP contribution in [0.2, 0.25) is 5.02 Å². The molecule has 3 N–H and O–H groups in total. The molecular weight excluding hydrogens is 274 g/mol. The number of phenols is 1. The number of nitrogen functional groups attached to an aromatic ring is 1. The van der Waals surface area contributed by atoms with Crippen LogP contribution < -0.4 is 5.73 Å². The maximum atomic E-state index is 10.1. The third kappa shape index (κ3) is 1.98. The van der Waals surface area contributed by atoms with Crippen LogP contribution in [-0.2, 0) is 6.54 Å². The van der Waals surface area contributed by atoms with Crippen LogP contribution in [0.5, 0.6) is 5.75 Å². The second-order valence-electron chi connectivity index (χ2n) is 4.59.